The van der Waals surface area contributed by atoms with Gasteiger partial charge in [-0.25, -0.2) is 14.4 Å². The predicted molar refractivity (Wildman–Crippen MR) is 147 cm³/mol. The zero-order chi connectivity index (χ0) is 34.7. The molecule has 19 nitrogen and oxygen atoms in total. The van der Waals surface area contributed by atoms with E-state index >= 15 is 0 Å². The summed E-state index contributed by atoms with van der Waals surface area (Å²) < 4.78 is 0. The normalized spacial score (nSPS) is 13.2. The van der Waals surface area contributed by atoms with Gasteiger partial charge in [0.2, 0.25) is 23.6 Å². The van der Waals surface area contributed by atoms with Gasteiger partial charge in [0, 0.05) is 32.7 Å². The van der Waals surface area contributed by atoms with Crippen molar-refractivity contribution in [2.45, 2.75) is 89.3 Å². The molecule has 4 atom stereocenters. The second-order valence-electron chi connectivity index (χ2n) is 9.99. The monoisotopic (exact) mass is 646 g/mol. The molecule has 45 heavy (non-hydrogen) atoms. The summed E-state index contributed by atoms with van der Waals surface area (Å²) in [5.74, 6) is -13.6. The van der Waals surface area contributed by atoms with Gasteiger partial charge in [-0.3, -0.25) is 33.6 Å². The minimum Gasteiger partial charge on any atom is -0.481 e. The Kier molecular flexibility index (Phi) is 18.4. The van der Waals surface area contributed by atoms with Gasteiger partial charge >= 0.3 is 29.8 Å². The molecule has 0 aromatic heterocycles. The zero-order valence-corrected chi connectivity index (χ0v) is 24.4. The maximum atomic E-state index is 12.4. The maximum Gasteiger partial charge on any atom is 0.326 e. The number of carbonyl (C=O) groups is 10. The molecule has 0 saturated heterocycles. The Balaban J connectivity index is 5.00. The van der Waals surface area contributed by atoms with E-state index in [0.717, 1.165) is 0 Å². The van der Waals surface area contributed by atoms with E-state index in [-0.39, 0.29) is 31.0 Å². The number of Topliss-reactive ketones (excluding diaryl/α,β-unsaturated/α-hetero) is 1. The largest absolute Gasteiger partial charge is 0.481 e. The van der Waals surface area contributed by atoms with Gasteiger partial charge in [-0.2, -0.15) is 0 Å². The highest BCUT2D eigenvalue weighted by molar-refractivity contribution is 5.93. The van der Waals surface area contributed by atoms with E-state index in [1.54, 1.807) is 5.32 Å². The highest BCUT2D eigenvalue weighted by Crippen LogP contribution is 2.15. The molecule has 0 aliphatic heterocycles. The molecule has 0 aromatic rings. The lowest BCUT2D eigenvalue weighted by atomic mass is 9.96. The number of amides is 4. The van der Waals surface area contributed by atoms with Crippen LogP contribution in [0.3, 0.4) is 0 Å². The lowest BCUT2D eigenvalue weighted by Gasteiger charge is -2.19. The Morgan fingerprint density at radius 3 is 1.38 bits per heavy atom. The summed E-state index contributed by atoms with van der Waals surface area (Å²) in [6.45, 7) is 1.84. The Hall–Kier alpha value is -5.10. The van der Waals surface area contributed by atoms with Crippen LogP contribution in [-0.2, 0) is 47.9 Å². The summed E-state index contributed by atoms with van der Waals surface area (Å²) >= 11 is 0. The number of hydrogen-bond acceptors (Lipinski definition) is 10. The Bertz CT molecular complexity index is 1140. The molecule has 0 fully saturated rings. The molecule has 0 bridgehead atoms. The fourth-order valence-corrected chi connectivity index (χ4v) is 3.79. The van der Waals surface area contributed by atoms with Crippen molar-refractivity contribution in [1.29, 1.82) is 0 Å². The van der Waals surface area contributed by atoms with E-state index in [0.29, 0.717) is 25.8 Å². The molecule has 0 aliphatic rings. The van der Waals surface area contributed by atoms with Gasteiger partial charge in [-0.1, -0.05) is 6.42 Å². The van der Waals surface area contributed by atoms with Crippen LogP contribution in [0.4, 0.5) is 0 Å². The van der Waals surface area contributed by atoms with Crippen LogP contribution in [0.15, 0.2) is 0 Å². The van der Waals surface area contributed by atoms with Crippen LogP contribution in [0.5, 0.6) is 0 Å². The fraction of sp³-hybridized carbons (Fsp3) is 0.615. The average molecular weight is 647 g/mol. The summed E-state index contributed by atoms with van der Waals surface area (Å²) in [7, 11) is 0. The Labute approximate surface area is 256 Å². The molecule has 0 heterocycles. The SMILES string of the molecule is CC(=O)NCCCCCC(=O)CC[C@@H](CC(=O)N[C@@H](CC(=O)N[C@@H](CC(=O)N[C@@H](CC(=O)O)C(=O)O)C(=O)O)C(=O)O)C(=O)O. The first-order valence-electron chi connectivity index (χ1n) is 13.7. The van der Waals surface area contributed by atoms with E-state index in [1.165, 1.54) is 6.92 Å². The highest BCUT2D eigenvalue weighted by atomic mass is 16.4. The van der Waals surface area contributed by atoms with Gasteiger partial charge in [-0.05, 0) is 19.3 Å². The van der Waals surface area contributed by atoms with Crippen LogP contribution in [0, 0.1) is 5.92 Å². The lowest BCUT2D eigenvalue weighted by Crippen LogP contribution is -2.50. The quantitative estimate of drug-likeness (QED) is 0.0516. The van der Waals surface area contributed by atoms with Crippen LogP contribution in [0.25, 0.3) is 0 Å². The third-order valence-electron chi connectivity index (χ3n) is 6.12. The number of carboxylic acids is 5. The van der Waals surface area contributed by atoms with E-state index in [1.807, 2.05) is 10.6 Å². The van der Waals surface area contributed by atoms with Gasteiger partial charge in [-0.15, -0.1) is 0 Å². The first-order valence-corrected chi connectivity index (χ1v) is 13.7. The van der Waals surface area contributed by atoms with Crippen molar-refractivity contribution in [3.8, 4) is 0 Å². The third-order valence-corrected chi connectivity index (χ3v) is 6.12. The predicted octanol–water partition coefficient (Wildman–Crippen LogP) is -1.91. The van der Waals surface area contributed by atoms with Crippen LogP contribution in [0.2, 0.25) is 0 Å². The van der Waals surface area contributed by atoms with E-state index in [9.17, 15) is 63.3 Å². The molecule has 19 heteroatoms. The van der Waals surface area contributed by atoms with E-state index in [2.05, 4.69) is 5.32 Å². The zero-order valence-electron chi connectivity index (χ0n) is 24.4. The van der Waals surface area contributed by atoms with Crippen LogP contribution in [0.1, 0.15) is 71.1 Å². The molecule has 0 radical (unpaired) electrons. The third kappa shape index (κ3) is 18.9. The van der Waals surface area contributed by atoms with Gasteiger partial charge in [0.1, 0.15) is 23.9 Å². The van der Waals surface area contributed by atoms with Gasteiger partial charge < -0.3 is 46.8 Å². The lowest BCUT2D eigenvalue weighted by molar-refractivity contribution is -0.148. The molecule has 252 valence electrons. The number of carbonyl (C=O) groups excluding carboxylic acids is 5. The van der Waals surface area contributed by atoms with Crippen molar-refractivity contribution in [2.75, 3.05) is 6.54 Å². The van der Waals surface area contributed by atoms with Crippen LogP contribution >= 0.6 is 0 Å². The van der Waals surface area contributed by atoms with Crippen LogP contribution < -0.4 is 21.3 Å². The van der Waals surface area contributed by atoms with Crippen LogP contribution in [-0.4, -0.2) is 109 Å². The fourth-order valence-electron chi connectivity index (χ4n) is 3.79. The molecule has 0 unspecified atom stereocenters. The minimum atomic E-state index is -1.99. The summed E-state index contributed by atoms with van der Waals surface area (Å²) in [6.07, 6.45) is -2.24. The second-order valence-corrected chi connectivity index (χ2v) is 9.99. The number of unbranched alkanes of at least 4 members (excludes halogenated alkanes) is 2. The molecule has 0 aromatic carbocycles. The van der Waals surface area contributed by atoms with Crippen molar-refractivity contribution in [2.24, 2.45) is 5.92 Å². The first kappa shape index (κ1) is 39.9. The minimum absolute atomic E-state index is 0.158. The molecule has 4 amide bonds. The Morgan fingerprint density at radius 1 is 0.533 bits per heavy atom. The van der Waals surface area contributed by atoms with Crippen molar-refractivity contribution in [1.82, 2.24) is 21.3 Å². The molecule has 0 spiro atoms. The summed E-state index contributed by atoms with van der Waals surface area (Å²) in [5, 5.41) is 54.0. The molecule has 0 saturated carbocycles. The maximum absolute atomic E-state index is 12.4. The van der Waals surface area contributed by atoms with Crippen molar-refractivity contribution in [3.05, 3.63) is 0 Å². The average Bonchev–Trinajstić information content (AvgIpc) is 2.90. The molecule has 0 aliphatic carbocycles. The van der Waals surface area contributed by atoms with Crippen molar-refractivity contribution >= 4 is 59.3 Å². The summed E-state index contributed by atoms with van der Waals surface area (Å²) in [5.41, 5.74) is 0. The number of ketones is 1. The number of hydrogen-bond donors (Lipinski definition) is 9. The van der Waals surface area contributed by atoms with E-state index < -0.39 is 97.3 Å². The summed E-state index contributed by atoms with van der Waals surface area (Å²) in [4.78, 5) is 116. The van der Waals surface area contributed by atoms with E-state index in [4.69, 9.17) is 10.2 Å². The van der Waals surface area contributed by atoms with Gasteiger partial charge in [0.15, 0.2) is 0 Å². The highest BCUT2D eigenvalue weighted by Gasteiger charge is 2.31. The van der Waals surface area contributed by atoms with Crippen molar-refractivity contribution < 1.29 is 73.5 Å². The van der Waals surface area contributed by atoms with Gasteiger partial charge in [0.25, 0.3) is 0 Å². The molecular weight excluding hydrogens is 608 g/mol. The Morgan fingerprint density at radius 2 is 0.978 bits per heavy atom. The first-order chi connectivity index (χ1) is 20.9. The standard InChI is InChI=1S/C26H38N4O15/c1-13(31)27-8-4-2-3-5-15(32)7-6-14(23(38)39)9-19(33)28-16(24(40)41)10-20(34)29-17(25(42)43)11-21(35)30-18(26(44)45)12-22(36)37/h14,16-18H,2-12H2,1H3,(H,27,31)(H,28,33)(H,29,34)(H,30,35)(H,36,37)(H,38,39)(H,40,41)(H,42,43)(H,44,45)/t14-,16-,17-,18-/m0/s1. The van der Waals surface area contributed by atoms with Crippen molar-refractivity contribution in [3.63, 3.8) is 0 Å². The molecule has 0 rings (SSSR count). The number of rotatable bonds is 24. The topological polar surface area (TPSA) is 320 Å². The molecule has 9 N–H and O–H groups in total. The second kappa shape index (κ2) is 20.7. The summed E-state index contributed by atoms with van der Waals surface area (Å²) in [6, 6.07) is -5.83. The smallest absolute Gasteiger partial charge is 0.326 e. The number of carboxylic acid groups (broad SMARTS) is 5. The number of aliphatic carboxylic acids is 5. The van der Waals surface area contributed by atoms with Gasteiger partial charge in [0.05, 0.1) is 25.2 Å². The molecular formula is C26H38N4O15. The number of nitrogens with one attached hydrogen (secondary N) is 4.